The second-order valence-corrected chi connectivity index (χ2v) is 4.97. The minimum atomic E-state index is -0.0974. The van der Waals surface area contributed by atoms with E-state index in [0.717, 1.165) is 10.9 Å². The van der Waals surface area contributed by atoms with E-state index >= 15 is 0 Å². The standard InChI is InChI=1S/C12H16BrNO2/c1-4-8(2)11(15)7-14-6-10(13)5-9(3)12(14)16/h5-6,8H,4,7H2,1-3H3. The highest BCUT2D eigenvalue weighted by atomic mass is 79.9. The van der Waals surface area contributed by atoms with Gasteiger partial charge in [-0.3, -0.25) is 9.59 Å². The highest BCUT2D eigenvalue weighted by Gasteiger charge is 2.12. The van der Waals surface area contributed by atoms with Crippen molar-refractivity contribution in [3.8, 4) is 0 Å². The SMILES string of the molecule is CCC(C)C(=O)Cn1cc(Br)cc(C)c1=O. The van der Waals surface area contributed by atoms with Crippen LogP contribution in [0.3, 0.4) is 0 Å². The van der Waals surface area contributed by atoms with Crippen molar-refractivity contribution < 1.29 is 4.79 Å². The lowest BCUT2D eigenvalue weighted by atomic mass is 10.0. The number of halogens is 1. The number of Topliss-reactive ketones (excluding diaryl/α,β-unsaturated/α-hetero) is 1. The Bertz CT molecular complexity index is 451. The van der Waals surface area contributed by atoms with E-state index in [-0.39, 0.29) is 23.8 Å². The van der Waals surface area contributed by atoms with Crippen molar-refractivity contribution in [3.63, 3.8) is 0 Å². The predicted molar refractivity (Wildman–Crippen MR) is 67.6 cm³/mol. The topological polar surface area (TPSA) is 39.1 Å². The van der Waals surface area contributed by atoms with E-state index in [2.05, 4.69) is 15.9 Å². The van der Waals surface area contributed by atoms with Gasteiger partial charge >= 0.3 is 0 Å². The molecule has 88 valence electrons. The number of carbonyl (C=O) groups is 1. The van der Waals surface area contributed by atoms with Crippen LogP contribution < -0.4 is 5.56 Å². The molecule has 0 aromatic carbocycles. The maximum atomic E-state index is 11.8. The molecule has 0 saturated heterocycles. The van der Waals surface area contributed by atoms with E-state index in [1.54, 1.807) is 19.2 Å². The van der Waals surface area contributed by atoms with Crippen molar-refractivity contribution in [3.05, 3.63) is 32.7 Å². The Labute approximate surface area is 104 Å². The summed E-state index contributed by atoms with van der Waals surface area (Å²) in [6.45, 7) is 5.77. The Balaban J connectivity index is 2.98. The Kier molecular flexibility index (Phi) is 4.47. The maximum absolute atomic E-state index is 11.8. The Morgan fingerprint density at radius 3 is 2.75 bits per heavy atom. The summed E-state index contributed by atoms with van der Waals surface area (Å²) in [4.78, 5) is 23.5. The highest BCUT2D eigenvalue weighted by molar-refractivity contribution is 9.10. The lowest BCUT2D eigenvalue weighted by Gasteiger charge is -2.10. The maximum Gasteiger partial charge on any atom is 0.253 e. The molecule has 4 heteroatoms. The van der Waals surface area contributed by atoms with Crippen LogP contribution in [0.4, 0.5) is 0 Å². The van der Waals surface area contributed by atoms with Gasteiger partial charge in [-0.2, -0.15) is 0 Å². The van der Waals surface area contributed by atoms with Gasteiger partial charge in [-0.1, -0.05) is 13.8 Å². The van der Waals surface area contributed by atoms with Crippen LogP contribution in [-0.2, 0) is 11.3 Å². The number of rotatable bonds is 4. The second-order valence-electron chi connectivity index (χ2n) is 4.05. The van der Waals surface area contributed by atoms with Gasteiger partial charge in [-0.15, -0.1) is 0 Å². The molecular formula is C12H16BrNO2. The van der Waals surface area contributed by atoms with Gasteiger partial charge in [0.2, 0.25) is 0 Å². The van der Waals surface area contributed by atoms with Crippen molar-refractivity contribution >= 4 is 21.7 Å². The summed E-state index contributed by atoms with van der Waals surface area (Å²) in [7, 11) is 0. The number of carbonyl (C=O) groups excluding carboxylic acids is 1. The van der Waals surface area contributed by atoms with Crippen LogP contribution in [0.15, 0.2) is 21.5 Å². The number of hydrogen-bond donors (Lipinski definition) is 0. The van der Waals surface area contributed by atoms with Crippen molar-refractivity contribution in [2.45, 2.75) is 33.7 Å². The molecule has 3 nitrogen and oxygen atoms in total. The summed E-state index contributed by atoms with van der Waals surface area (Å²) in [5, 5.41) is 0. The quantitative estimate of drug-likeness (QED) is 0.853. The fourth-order valence-electron chi connectivity index (χ4n) is 1.41. The molecule has 0 aliphatic carbocycles. The number of pyridine rings is 1. The average molecular weight is 286 g/mol. The zero-order chi connectivity index (χ0) is 12.3. The van der Waals surface area contributed by atoms with E-state index in [1.165, 1.54) is 4.57 Å². The minimum absolute atomic E-state index is 0.00573. The van der Waals surface area contributed by atoms with E-state index < -0.39 is 0 Å². The molecule has 0 bridgehead atoms. The zero-order valence-corrected chi connectivity index (χ0v) is 11.4. The summed E-state index contributed by atoms with van der Waals surface area (Å²) in [6, 6.07) is 1.76. The number of aromatic nitrogens is 1. The number of hydrogen-bond acceptors (Lipinski definition) is 2. The summed E-state index contributed by atoms with van der Waals surface area (Å²) in [5.74, 6) is 0.105. The normalized spacial score (nSPS) is 12.5. The van der Waals surface area contributed by atoms with E-state index in [1.807, 2.05) is 13.8 Å². The molecule has 0 aliphatic heterocycles. The molecule has 0 aliphatic rings. The van der Waals surface area contributed by atoms with E-state index in [4.69, 9.17) is 0 Å². The minimum Gasteiger partial charge on any atom is -0.307 e. The number of nitrogens with zero attached hydrogens (tertiary/aromatic N) is 1. The second kappa shape index (κ2) is 5.43. The number of aryl methyl sites for hydroxylation is 1. The van der Waals surface area contributed by atoms with Gasteiger partial charge in [-0.05, 0) is 35.3 Å². The van der Waals surface area contributed by atoms with Crippen molar-refractivity contribution in [2.75, 3.05) is 0 Å². The monoisotopic (exact) mass is 285 g/mol. The molecule has 1 atom stereocenters. The van der Waals surface area contributed by atoms with Crippen LogP contribution in [0.25, 0.3) is 0 Å². The van der Waals surface area contributed by atoms with Gasteiger partial charge in [0.25, 0.3) is 5.56 Å². The molecule has 16 heavy (non-hydrogen) atoms. The number of ketones is 1. The van der Waals surface area contributed by atoms with Crippen molar-refractivity contribution in [1.29, 1.82) is 0 Å². The summed E-state index contributed by atoms with van der Waals surface area (Å²) in [6.07, 6.45) is 2.47. The van der Waals surface area contributed by atoms with Gasteiger partial charge in [0.15, 0.2) is 5.78 Å². The highest BCUT2D eigenvalue weighted by Crippen LogP contribution is 2.09. The summed E-state index contributed by atoms with van der Waals surface area (Å²) in [5.41, 5.74) is 0.547. The summed E-state index contributed by atoms with van der Waals surface area (Å²) >= 11 is 3.32. The first-order chi connectivity index (χ1) is 7.45. The molecule has 1 rings (SSSR count). The molecule has 0 amide bonds. The lowest BCUT2D eigenvalue weighted by molar-refractivity contribution is -0.123. The first-order valence-corrected chi connectivity index (χ1v) is 6.14. The fraction of sp³-hybridized carbons (Fsp3) is 0.500. The van der Waals surface area contributed by atoms with E-state index in [0.29, 0.717) is 5.56 Å². The summed E-state index contributed by atoms with van der Waals surface area (Å²) < 4.78 is 2.29. The van der Waals surface area contributed by atoms with Gasteiger partial charge in [-0.25, -0.2) is 0 Å². The van der Waals surface area contributed by atoms with E-state index in [9.17, 15) is 9.59 Å². The van der Waals surface area contributed by atoms with Gasteiger partial charge < -0.3 is 4.57 Å². The van der Waals surface area contributed by atoms with Crippen LogP contribution in [-0.4, -0.2) is 10.4 Å². The molecule has 0 N–H and O–H groups in total. The largest absolute Gasteiger partial charge is 0.307 e. The third-order valence-electron chi connectivity index (χ3n) is 2.72. The first-order valence-electron chi connectivity index (χ1n) is 5.35. The van der Waals surface area contributed by atoms with Crippen LogP contribution in [0.5, 0.6) is 0 Å². The molecule has 1 aromatic heterocycles. The molecule has 0 saturated carbocycles. The Hall–Kier alpha value is -0.900. The molecule has 1 unspecified atom stereocenters. The van der Waals surface area contributed by atoms with Crippen molar-refractivity contribution in [2.24, 2.45) is 5.92 Å². The average Bonchev–Trinajstić information content (AvgIpc) is 2.23. The molecule has 0 radical (unpaired) electrons. The van der Waals surface area contributed by atoms with Gasteiger partial charge in [0.05, 0.1) is 6.54 Å². The smallest absolute Gasteiger partial charge is 0.253 e. The van der Waals surface area contributed by atoms with Crippen LogP contribution in [0.1, 0.15) is 25.8 Å². The van der Waals surface area contributed by atoms with Gasteiger partial charge in [0.1, 0.15) is 0 Å². The lowest BCUT2D eigenvalue weighted by Crippen LogP contribution is -2.27. The Morgan fingerprint density at radius 2 is 2.19 bits per heavy atom. The molecular weight excluding hydrogens is 270 g/mol. The molecule has 1 aromatic rings. The fourth-order valence-corrected chi connectivity index (χ4v) is 2.00. The molecule has 0 fully saturated rings. The van der Waals surface area contributed by atoms with Crippen LogP contribution in [0, 0.1) is 12.8 Å². The molecule has 0 spiro atoms. The first kappa shape index (κ1) is 13.2. The van der Waals surface area contributed by atoms with Crippen LogP contribution >= 0.6 is 15.9 Å². The zero-order valence-electron chi connectivity index (χ0n) is 9.79. The third-order valence-corrected chi connectivity index (χ3v) is 3.15. The van der Waals surface area contributed by atoms with Gasteiger partial charge in [0, 0.05) is 22.2 Å². The predicted octanol–water partition coefficient (Wildman–Crippen LogP) is 2.53. The van der Waals surface area contributed by atoms with Crippen LogP contribution in [0.2, 0.25) is 0 Å². The van der Waals surface area contributed by atoms with Crippen molar-refractivity contribution in [1.82, 2.24) is 4.57 Å². The third kappa shape index (κ3) is 3.04. The Morgan fingerprint density at radius 1 is 1.56 bits per heavy atom. The molecule has 1 heterocycles.